The molecule has 1 aliphatic carbocycles. The molecule has 1 amide bonds. The Morgan fingerprint density at radius 1 is 0.906 bits per heavy atom. The minimum absolute atomic E-state index is 0.173. The molecule has 0 radical (unpaired) electrons. The Bertz CT molecular complexity index is 1050. The van der Waals surface area contributed by atoms with Gasteiger partial charge < -0.3 is 14.5 Å². The number of hydrogen-bond acceptors (Lipinski definition) is 5. The summed E-state index contributed by atoms with van der Waals surface area (Å²) in [6, 6.07) is 14.0. The van der Waals surface area contributed by atoms with E-state index in [-0.39, 0.29) is 10.8 Å². The van der Waals surface area contributed by atoms with Crippen LogP contribution in [0.3, 0.4) is 0 Å². The number of sulfone groups is 1. The molecule has 1 saturated carbocycles. The molecule has 0 unspecified atom stereocenters. The molecule has 8 heteroatoms. The van der Waals surface area contributed by atoms with Crippen molar-refractivity contribution in [3.63, 3.8) is 0 Å². The van der Waals surface area contributed by atoms with Crippen LogP contribution in [0.25, 0.3) is 0 Å². The van der Waals surface area contributed by atoms with E-state index in [1.54, 1.807) is 24.1 Å². The van der Waals surface area contributed by atoms with Gasteiger partial charge >= 0.3 is 0 Å². The number of nitrogens with zero attached hydrogens (tertiary/aromatic N) is 2. The number of carbonyl (C=O) groups is 1. The van der Waals surface area contributed by atoms with Gasteiger partial charge in [0.05, 0.1) is 12.0 Å². The van der Waals surface area contributed by atoms with Crippen LogP contribution in [0.1, 0.15) is 32.1 Å². The second-order valence-electron chi connectivity index (χ2n) is 8.49. The molecule has 32 heavy (non-hydrogen) atoms. The second kappa shape index (κ2) is 9.32. The van der Waals surface area contributed by atoms with Crippen LogP contribution in [0.15, 0.2) is 53.4 Å². The van der Waals surface area contributed by atoms with Crippen LogP contribution >= 0.6 is 11.6 Å². The fourth-order valence-corrected chi connectivity index (χ4v) is 7.10. The van der Waals surface area contributed by atoms with Crippen LogP contribution in [-0.2, 0) is 14.6 Å². The highest BCUT2D eigenvalue weighted by molar-refractivity contribution is 7.93. The molecule has 4 rings (SSSR count). The maximum absolute atomic E-state index is 13.8. The van der Waals surface area contributed by atoms with E-state index in [1.165, 1.54) is 12.1 Å². The number of amides is 1. The molecule has 6 nitrogen and oxygen atoms in total. The predicted molar refractivity (Wildman–Crippen MR) is 126 cm³/mol. The lowest BCUT2D eigenvalue weighted by Gasteiger charge is -2.33. The Balaban J connectivity index is 1.55. The lowest BCUT2D eigenvalue weighted by atomic mass is 10.1. The molecule has 2 aromatic carbocycles. The fraction of sp³-hybridized carbons (Fsp3) is 0.458. The van der Waals surface area contributed by atoms with Crippen LogP contribution in [0, 0.1) is 0 Å². The maximum atomic E-state index is 13.8. The topological polar surface area (TPSA) is 66.9 Å². The van der Waals surface area contributed by atoms with E-state index in [0.29, 0.717) is 37.5 Å². The Morgan fingerprint density at radius 2 is 1.56 bits per heavy atom. The molecule has 2 aromatic rings. The summed E-state index contributed by atoms with van der Waals surface area (Å²) in [6.07, 6.45) is 3.01. The van der Waals surface area contributed by atoms with Crippen molar-refractivity contribution < 1.29 is 17.9 Å². The first kappa shape index (κ1) is 22.9. The van der Waals surface area contributed by atoms with Crippen molar-refractivity contribution in [3.8, 4) is 5.75 Å². The lowest BCUT2D eigenvalue weighted by Crippen LogP contribution is -2.53. The Kier molecular flexibility index (Phi) is 6.67. The molecule has 0 spiro atoms. The third kappa shape index (κ3) is 4.20. The number of carbonyl (C=O) groups excluding carboxylic acids is 1. The second-order valence-corrected chi connectivity index (χ2v) is 11.2. The van der Waals surface area contributed by atoms with E-state index in [9.17, 15) is 13.2 Å². The van der Waals surface area contributed by atoms with Gasteiger partial charge in [0, 0.05) is 36.9 Å². The molecule has 1 aliphatic heterocycles. The molecule has 2 fully saturated rings. The number of ether oxygens (including phenoxy) is 1. The number of hydrogen-bond donors (Lipinski definition) is 0. The summed E-state index contributed by atoms with van der Waals surface area (Å²) < 4.78 is 31.2. The number of rotatable bonds is 5. The zero-order valence-corrected chi connectivity index (χ0v) is 19.9. The van der Waals surface area contributed by atoms with E-state index in [4.69, 9.17) is 16.3 Å². The van der Waals surface area contributed by atoms with Crippen molar-refractivity contribution >= 4 is 33.0 Å². The van der Waals surface area contributed by atoms with Crippen molar-refractivity contribution in [2.45, 2.75) is 41.7 Å². The van der Waals surface area contributed by atoms with Gasteiger partial charge in [-0.25, -0.2) is 8.42 Å². The van der Waals surface area contributed by atoms with Gasteiger partial charge in [-0.15, -0.1) is 0 Å². The summed E-state index contributed by atoms with van der Waals surface area (Å²) in [5, 5.41) is 0.474. The number of benzene rings is 2. The number of halogens is 1. The van der Waals surface area contributed by atoms with E-state index >= 15 is 0 Å². The molecule has 0 N–H and O–H groups in total. The van der Waals surface area contributed by atoms with Gasteiger partial charge in [-0.05, 0) is 67.8 Å². The highest BCUT2D eigenvalue weighted by Gasteiger charge is 2.54. The summed E-state index contributed by atoms with van der Waals surface area (Å²) >= 11 is 5.96. The monoisotopic (exact) mass is 476 g/mol. The molecule has 0 atom stereocenters. The van der Waals surface area contributed by atoms with E-state index in [0.717, 1.165) is 37.2 Å². The Labute approximate surface area is 195 Å². The van der Waals surface area contributed by atoms with Crippen LogP contribution in [0.2, 0.25) is 5.02 Å². The third-order valence-electron chi connectivity index (χ3n) is 6.66. The van der Waals surface area contributed by atoms with Crippen LogP contribution in [0.5, 0.6) is 5.75 Å². The predicted octanol–water partition coefficient (Wildman–Crippen LogP) is 4.17. The van der Waals surface area contributed by atoms with Gasteiger partial charge in [0.15, 0.2) is 14.6 Å². The minimum Gasteiger partial charge on any atom is -0.497 e. The Morgan fingerprint density at radius 3 is 2.19 bits per heavy atom. The first-order valence-corrected chi connectivity index (χ1v) is 12.9. The van der Waals surface area contributed by atoms with Gasteiger partial charge in [-0.2, -0.15) is 0 Å². The van der Waals surface area contributed by atoms with Gasteiger partial charge in [0.1, 0.15) is 5.75 Å². The number of anilines is 1. The van der Waals surface area contributed by atoms with Gasteiger partial charge in [-0.1, -0.05) is 24.4 Å². The SMILES string of the molecule is COc1ccc(N2CCCN(C(=O)C3(S(=O)(=O)c4ccc(Cl)cc4)CCCC3)CC2)cc1. The van der Waals surface area contributed by atoms with E-state index in [1.807, 2.05) is 24.3 Å². The minimum atomic E-state index is -3.83. The summed E-state index contributed by atoms with van der Waals surface area (Å²) in [6.45, 7) is 2.54. The van der Waals surface area contributed by atoms with Crippen LogP contribution < -0.4 is 9.64 Å². The zero-order chi connectivity index (χ0) is 22.8. The maximum Gasteiger partial charge on any atom is 0.244 e. The lowest BCUT2D eigenvalue weighted by molar-refractivity contribution is -0.133. The quantitative estimate of drug-likeness (QED) is 0.647. The molecule has 1 heterocycles. The molecule has 0 aromatic heterocycles. The summed E-state index contributed by atoms with van der Waals surface area (Å²) in [5.74, 6) is 0.553. The van der Waals surface area contributed by atoms with Crippen molar-refractivity contribution in [2.75, 3.05) is 38.2 Å². The molecular weight excluding hydrogens is 448 g/mol. The highest BCUT2D eigenvalue weighted by atomic mass is 35.5. The van der Waals surface area contributed by atoms with Crippen molar-refractivity contribution in [1.29, 1.82) is 0 Å². The summed E-state index contributed by atoms with van der Waals surface area (Å²) in [5.41, 5.74) is 1.07. The first-order chi connectivity index (χ1) is 15.4. The standard InChI is InChI=1S/C24H29ClN2O4S/c1-31-21-9-7-20(8-10-21)26-15-4-16-27(18-17-26)23(28)24(13-2-3-14-24)32(29,30)22-11-5-19(25)6-12-22/h5-12H,2-4,13-18H2,1H3. The van der Waals surface area contributed by atoms with Gasteiger partial charge in [-0.3, -0.25) is 4.79 Å². The van der Waals surface area contributed by atoms with Crippen LogP contribution in [-0.4, -0.2) is 57.3 Å². The summed E-state index contributed by atoms with van der Waals surface area (Å²) in [7, 11) is -2.19. The van der Waals surface area contributed by atoms with Crippen molar-refractivity contribution in [1.82, 2.24) is 4.90 Å². The van der Waals surface area contributed by atoms with Crippen molar-refractivity contribution in [2.24, 2.45) is 0 Å². The van der Waals surface area contributed by atoms with Gasteiger partial charge in [0.2, 0.25) is 5.91 Å². The van der Waals surface area contributed by atoms with Crippen LogP contribution in [0.4, 0.5) is 5.69 Å². The molecule has 2 aliphatic rings. The average molecular weight is 477 g/mol. The van der Waals surface area contributed by atoms with Crippen molar-refractivity contribution in [3.05, 3.63) is 53.6 Å². The third-order valence-corrected chi connectivity index (χ3v) is 9.42. The Hall–Kier alpha value is -2.25. The van der Waals surface area contributed by atoms with E-state index < -0.39 is 14.6 Å². The first-order valence-electron chi connectivity index (χ1n) is 11.1. The normalized spacial score (nSPS) is 18.9. The highest BCUT2D eigenvalue weighted by Crippen LogP contribution is 2.42. The largest absolute Gasteiger partial charge is 0.497 e. The molecule has 0 bridgehead atoms. The smallest absolute Gasteiger partial charge is 0.244 e. The average Bonchev–Trinajstić information content (AvgIpc) is 3.19. The van der Waals surface area contributed by atoms with Gasteiger partial charge in [0.25, 0.3) is 0 Å². The number of methoxy groups -OCH3 is 1. The zero-order valence-electron chi connectivity index (χ0n) is 18.3. The molecule has 1 saturated heterocycles. The fourth-order valence-electron chi connectivity index (χ4n) is 4.84. The molecule has 172 valence electrons. The van der Waals surface area contributed by atoms with E-state index in [2.05, 4.69) is 4.90 Å². The molecular formula is C24H29ClN2O4S. The summed E-state index contributed by atoms with van der Waals surface area (Å²) in [4.78, 5) is 18.0.